The Kier molecular flexibility index (Phi) is 6.01. The Labute approximate surface area is 117 Å². The quantitative estimate of drug-likeness (QED) is 0.783. The number of benzene rings is 1. The van der Waals surface area contributed by atoms with E-state index in [1.54, 1.807) is 12.1 Å². The minimum atomic E-state index is -3.12. The molecule has 0 fully saturated rings. The number of unbranched alkanes of at least 4 members (excludes halogenated alkanes) is 1. The summed E-state index contributed by atoms with van der Waals surface area (Å²) in [4.78, 5) is 0.456. The summed E-state index contributed by atoms with van der Waals surface area (Å²) in [7, 11) is -1.20. The molecule has 0 aliphatic carbocycles. The van der Waals surface area contributed by atoms with Crippen LogP contribution in [0, 0.1) is 13.8 Å². The van der Waals surface area contributed by atoms with Gasteiger partial charge >= 0.3 is 0 Å². The molecule has 108 valence electrons. The molecule has 0 radical (unpaired) electrons. The number of aryl methyl sites for hydroxylation is 2. The van der Waals surface area contributed by atoms with Crippen molar-refractivity contribution in [2.24, 2.45) is 0 Å². The molecular formula is C15H25NO2S. The van der Waals surface area contributed by atoms with Crippen LogP contribution in [0.5, 0.6) is 0 Å². The van der Waals surface area contributed by atoms with Crippen LogP contribution in [0.2, 0.25) is 0 Å². The van der Waals surface area contributed by atoms with Crippen molar-refractivity contribution in [3.8, 4) is 0 Å². The lowest BCUT2D eigenvalue weighted by atomic mass is 10.1. The highest BCUT2D eigenvalue weighted by Gasteiger charge is 2.14. The SMILES string of the molecule is CNC(C)CCCCS(=O)(=O)c1ccc(C)c(C)c1. The molecule has 0 aliphatic heterocycles. The van der Waals surface area contributed by atoms with Gasteiger partial charge in [-0.3, -0.25) is 0 Å². The highest BCUT2D eigenvalue weighted by atomic mass is 32.2. The Morgan fingerprint density at radius 1 is 1.16 bits per heavy atom. The first-order valence-electron chi connectivity index (χ1n) is 6.84. The van der Waals surface area contributed by atoms with Gasteiger partial charge in [0.2, 0.25) is 0 Å². The van der Waals surface area contributed by atoms with E-state index >= 15 is 0 Å². The number of rotatable bonds is 7. The van der Waals surface area contributed by atoms with Gasteiger partial charge < -0.3 is 5.32 Å². The van der Waals surface area contributed by atoms with Crippen molar-refractivity contribution in [3.05, 3.63) is 29.3 Å². The summed E-state index contributed by atoms with van der Waals surface area (Å²) in [6, 6.07) is 5.82. The van der Waals surface area contributed by atoms with Crippen molar-refractivity contribution < 1.29 is 8.42 Å². The summed E-state index contributed by atoms with van der Waals surface area (Å²) < 4.78 is 24.4. The van der Waals surface area contributed by atoms with Crippen LogP contribution in [0.3, 0.4) is 0 Å². The standard InChI is InChI=1S/C15H25NO2S/c1-12-8-9-15(11-13(12)2)19(17,18)10-6-5-7-14(3)16-4/h8-9,11,14,16H,5-7,10H2,1-4H3. The molecule has 0 aromatic heterocycles. The van der Waals surface area contributed by atoms with Crippen LogP contribution in [0.4, 0.5) is 0 Å². The highest BCUT2D eigenvalue weighted by Crippen LogP contribution is 2.17. The van der Waals surface area contributed by atoms with Gasteiger partial charge in [-0.1, -0.05) is 12.5 Å². The van der Waals surface area contributed by atoms with Crippen molar-refractivity contribution in [1.29, 1.82) is 0 Å². The number of sulfone groups is 1. The van der Waals surface area contributed by atoms with Gasteiger partial charge in [0, 0.05) is 6.04 Å². The van der Waals surface area contributed by atoms with E-state index in [4.69, 9.17) is 0 Å². The molecule has 1 rings (SSSR count). The summed E-state index contributed by atoms with van der Waals surface area (Å²) in [5, 5.41) is 3.16. The summed E-state index contributed by atoms with van der Waals surface area (Å²) in [6.07, 6.45) is 2.67. The van der Waals surface area contributed by atoms with Crippen LogP contribution in [0.1, 0.15) is 37.3 Å². The maximum absolute atomic E-state index is 12.2. The van der Waals surface area contributed by atoms with Crippen LogP contribution in [0.15, 0.2) is 23.1 Å². The van der Waals surface area contributed by atoms with Gasteiger partial charge in [0.1, 0.15) is 0 Å². The van der Waals surface area contributed by atoms with Crippen molar-refractivity contribution in [2.45, 2.75) is 51.0 Å². The molecule has 1 N–H and O–H groups in total. The third-order valence-corrected chi connectivity index (χ3v) is 5.43. The minimum absolute atomic E-state index is 0.242. The Balaban J connectivity index is 2.58. The first kappa shape index (κ1) is 16.2. The fraction of sp³-hybridized carbons (Fsp3) is 0.600. The molecule has 0 aliphatic rings. The van der Waals surface area contributed by atoms with E-state index in [0.29, 0.717) is 10.9 Å². The Morgan fingerprint density at radius 2 is 1.84 bits per heavy atom. The molecular weight excluding hydrogens is 258 g/mol. The van der Waals surface area contributed by atoms with Gasteiger partial charge in [0.25, 0.3) is 0 Å². The predicted molar refractivity (Wildman–Crippen MR) is 80.3 cm³/mol. The average molecular weight is 283 g/mol. The summed E-state index contributed by atoms with van der Waals surface area (Å²) in [5.74, 6) is 0.242. The molecule has 1 atom stereocenters. The molecule has 0 saturated heterocycles. The first-order chi connectivity index (χ1) is 8.86. The average Bonchev–Trinajstić information content (AvgIpc) is 2.37. The molecule has 19 heavy (non-hydrogen) atoms. The smallest absolute Gasteiger partial charge is 0.178 e. The second kappa shape index (κ2) is 7.06. The van der Waals surface area contributed by atoms with Crippen molar-refractivity contribution >= 4 is 9.84 Å². The van der Waals surface area contributed by atoms with E-state index in [1.165, 1.54) is 0 Å². The third kappa shape index (κ3) is 4.96. The van der Waals surface area contributed by atoms with Crippen LogP contribution >= 0.6 is 0 Å². The van der Waals surface area contributed by atoms with Crippen molar-refractivity contribution in [1.82, 2.24) is 5.32 Å². The van der Waals surface area contributed by atoms with Gasteiger partial charge in [-0.05, 0) is 63.9 Å². The molecule has 1 aromatic rings. The monoisotopic (exact) mass is 283 g/mol. The topological polar surface area (TPSA) is 46.2 Å². The second-order valence-electron chi connectivity index (χ2n) is 5.25. The lowest BCUT2D eigenvalue weighted by molar-refractivity contribution is 0.533. The molecule has 0 bridgehead atoms. The van der Waals surface area contributed by atoms with Crippen LogP contribution in [-0.2, 0) is 9.84 Å². The van der Waals surface area contributed by atoms with E-state index < -0.39 is 9.84 Å². The molecule has 3 nitrogen and oxygen atoms in total. The Bertz CT molecular complexity index is 509. The molecule has 0 spiro atoms. The van der Waals surface area contributed by atoms with Gasteiger partial charge in [0.15, 0.2) is 9.84 Å². The Morgan fingerprint density at radius 3 is 2.42 bits per heavy atom. The lowest BCUT2D eigenvalue weighted by Gasteiger charge is -2.10. The van der Waals surface area contributed by atoms with Gasteiger partial charge in [-0.2, -0.15) is 0 Å². The van der Waals surface area contributed by atoms with Crippen molar-refractivity contribution in [3.63, 3.8) is 0 Å². The third-order valence-electron chi connectivity index (χ3n) is 3.63. The molecule has 4 heteroatoms. The van der Waals surface area contributed by atoms with E-state index in [-0.39, 0.29) is 5.75 Å². The lowest BCUT2D eigenvalue weighted by Crippen LogP contribution is -2.21. The number of hydrogen-bond acceptors (Lipinski definition) is 3. The van der Waals surface area contributed by atoms with E-state index in [0.717, 1.165) is 30.4 Å². The zero-order valence-corrected chi connectivity index (χ0v) is 13.2. The molecule has 0 heterocycles. The maximum Gasteiger partial charge on any atom is 0.178 e. The largest absolute Gasteiger partial charge is 0.317 e. The van der Waals surface area contributed by atoms with Gasteiger partial charge in [0.05, 0.1) is 10.6 Å². The van der Waals surface area contributed by atoms with Gasteiger partial charge in [-0.15, -0.1) is 0 Å². The number of hydrogen-bond donors (Lipinski definition) is 1. The second-order valence-corrected chi connectivity index (χ2v) is 7.36. The summed E-state index contributed by atoms with van der Waals surface area (Å²) >= 11 is 0. The fourth-order valence-corrected chi connectivity index (χ4v) is 3.36. The zero-order valence-electron chi connectivity index (χ0n) is 12.4. The first-order valence-corrected chi connectivity index (χ1v) is 8.49. The van der Waals surface area contributed by atoms with Crippen LogP contribution in [-0.4, -0.2) is 27.3 Å². The van der Waals surface area contributed by atoms with E-state index in [9.17, 15) is 8.42 Å². The molecule has 0 saturated carbocycles. The highest BCUT2D eigenvalue weighted by molar-refractivity contribution is 7.91. The predicted octanol–water partition coefficient (Wildman–Crippen LogP) is 2.86. The molecule has 1 unspecified atom stereocenters. The summed E-state index contributed by atoms with van der Waals surface area (Å²) in [5.41, 5.74) is 2.16. The molecule has 0 amide bonds. The van der Waals surface area contributed by atoms with Crippen molar-refractivity contribution in [2.75, 3.05) is 12.8 Å². The molecule has 1 aromatic carbocycles. The van der Waals surface area contributed by atoms with E-state index in [2.05, 4.69) is 12.2 Å². The van der Waals surface area contributed by atoms with E-state index in [1.807, 2.05) is 27.0 Å². The Hall–Kier alpha value is -0.870. The normalized spacial score (nSPS) is 13.5. The fourth-order valence-electron chi connectivity index (χ4n) is 1.91. The van der Waals surface area contributed by atoms with Crippen LogP contribution < -0.4 is 5.32 Å². The minimum Gasteiger partial charge on any atom is -0.317 e. The van der Waals surface area contributed by atoms with Crippen LogP contribution in [0.25, 0.3) is 0 Å². The van der Waals surface area contributed by atoms with Gasteiger partial charge in [-0.25, -0.2) is 8.42 Å². The maximum atomic E-state index is 12.2. The number of nitrogens with one attached hydrogen (secondary N) is 1. The zero-order chi connectivity index (χ0) is 14.5. The summed E-state index contributed by atoms with van der Waals surface area (Å²) in [6.45, 7) is 6.05.